The zero-order valence-electron chi connectivity index (χ0n) is 12.0. The number of halogens is 1. The van der Waals surface area contributed by atoms with Crippen LogP contribution in [0.5, 0.6) is 0 Å². The van der Waals surface area contributed by atoms with Crippen LogP contribution in [0.15, 0.2) is 18.2 Å². The van der Waals surface area contributed by atoms with Crippen molar-refractivity contribution < 1.29 is 4.39 Å². The van der Waals surface area contributed by atoms with Gasteiger partial charge in [-0.25, -0.2) is 4.39 Å². The van der Waals surface area contributed by atoms with Crippen LogP contribution in [0.1, 0.15) is 38.2 Å². The van der Waals surface area contributed by atoms with Crippen LogP contribution in [-0.4, -0.2) is 19.6 Å². The van der Waals surface area contributed by atoms with Gasteiger partial charge in [-0.2, -0.15) is 0 Å². The largest absolute Gasteiger partial charge is 0.371 e. The van der Waals surface area contributed by atoms with Gasteiger partial charge in [0.25, 0.3) is 0 Å². The van der Waals surface area contributed by atoms with Crippen molar-refractivity contribution in [1.29, 1.82) is 0 Å². The molecule has 1 aromatic carbocycles. The smallest absolute Gasteiger partial charge is 0.123 e. The molecule has 2 rings (SSSR count). The van der Waals surface area contributed by atoms with E-state index in [1.54, 1.807) is 12.1 Å². The van der Waals surface area contributed by atoms with Crippen LogP contribution in [0.4, 0.5) is 10.1 Å². The summed E-state index contributed by atoms with van der Waals surface area (Å²) in [6, 6.07) is 5.66. The molecule has 1 aromatic rings. The van der Waals surface area contributed by atoms with Gasteiger partial charge in [0.05, 0.1) is 0 Å². The molecule has 2 N–H and O–H groups in total. The van der Waals surface area contributed by atoms with E-state index in [0.717, 1.165) is 23.6 Å². The van der Waals surface area contributed by atoms with Gasteiger partial charge in [0.1, 0.15) is 5.82 Å². The van der Waals surface area contributed by atoms with Crippen LogP contribution in [-0.2, 0) is 6.42 Å². The molecule has 1 aliphatic rings. The molecule has 1 fully saturated rings. The van der Waals surface area contributed by atoms with Gasteiger partial charge in [0, 0.05) is 18.8 Å². The number of nitrogens with two attached hydrogens (primary N) is 1. The lowest BCUT2D eigenvalue weighted by atomic mass is 9.86. The highest BCUT2D eigenvalue weighted by Gasteiger charge is 2.23. The van der Waals surface area contributed by atoms with Gasteiger partial charge in [0.2, 0.25) is 0 Å². The van der Waals surface area contributed by atoms with Crippen LogP contribution >= 0.6 is 0 Å². The molecule has 3 heteroatoms. The fourth-order valence-electron chi connectivity index (χ4n) is 3.08. The standard InChI is InChI=1S/C16H25FN2/c1-12-3-6-15(7-4-12)19(2)16-8-5-14(17)11-13(16)9-10-18/h5,8,11-12,15H,3-4,6-7,9-10,18H2,1-2H3. The van der Waals surface area contributed by atoms with Crippen molar-refractivity contribution in [3.05, 3.63) is 29.6 Å². The molecule has 0 atom stereocenters. The molecule has 19 heavy (non-hydrogen) atoms. The van der Waals surface area contributed by atoms with Crippen LogP contribution in [0.2, 0.25) is 0 Å². The third-order valence-corrected chi connectivity index (χ3v) is 4.37. The second kappa shape index (κ2) is 6.38. The Balaban J connectivity index is 2.15. The minimum absolute atomic E-state index is 0.169. The molecule has 1 aliphatic carbocycles. The molecule has 106 valence electrons. The summed E-state index contributed by atoms with van der Waals surface area (Å²) in [5.74, 6) is 0.680. The highest BCUT2D eigenvalue weighted by Crippen LogP contribution is 2.31. The van der Waals surface area contributed by atoms with Gasteiger partial charge < -0.3 is 10.6 Å². The zero-order chi connectivity index (χ0) is 13.8. The summed E-state index contributed by atoms with van der Waals surface area (Å²) >= 11 is 0. The molecule has 0 heterocycles. The molecule has 1 saturated carbocycles. The van der Waals surface area contributed by atoms with Crippen molar-refractivity contribution in [2.24, 2.45) is 11.7 Å². The van der Waals surface area contributed by atoms with E-state index in [2.05, 4.69) is 18.9 Å². The summed E-state index contributed by atoms with van der Waals surface area (Å²) < 4.78 is 13.4. The molecule has 0 spiro atoms. The Kier molecular flexibility index (Phi) is 4.81. The predicted molar refractivity (Wildman–Crippen MR) is 79.0 cm³/mol. The number of rotatable bonds is 4. The van der Waals surface area contributed by atoms with Crippen molar-refractivity contribution in [1.82, 2.24) is 0 Å². The van der Waals surface area contributed by atoms with E-state index in [0.29, 0.717) is 12.6 Å². The summed E-state index contributed by atoms with van der Waals surface area (Å²) in [5.41, 5.74) is 7.81. The molecular formula is C16H25FN2. The SMILES string of the molecule is CC1CCC(N(C)c2ccc(F)cc2CCN)CC1. The van der Waals surface area contributed by atoms with Gasteiger partial charge in [-0.1, -0.05) is 6.92 Å². The maximum atomic E-state index is 13.4. The first-order valence-electron chi connectivity index (χ1n) is 7.33. The van der Waals surface area contributed by atoms with Gasteiger partial charge in [-0.15, -0.1) is 0 Å². The first kappa shape index (κ1) is 14.3. The van der Waals surface area contributed by atoms with Crippen molar-refractivity contribution in [3.8, 4) is 0 Å². The second-order valence-electron chi connectivity index (χ2n) is 5.84. The van der Waals surface area contributed by atoms with Crippen LogP contribution in [0, 0.1) is 11.7 Å². The van der Waals surface area contributed by atoms with Crippen molar-refractivity contribution in [2.75, 3.05) is 18.5 Å². The van der Waals surface area contributed by atoms with Crippen molar-refractivity contribution in [3.63, 3.8) is 0 Å². The molecule has 0 radical (unpaired) electrons. The van der Waals surface area contributed by atoms with E-state index in [-0.39, 0.29) is 5.82 Å². The van der Waals surface area contributed by atoms with E-state index >= 15 is 0 Å². The molecule has 0 unspecified atom stereocenters. The van der Waals surface area contributed by atoms with E-state index in [1.807, 2.05) is 6.07 Å². The van der Waals surface area contributed by atoms with E-state index in [4.69, 9.17) is 5.73 Å². The van der Waals surface area contributed by atoms with Gasteiger partial charge >= 0.3 is 0 Å². The molecule has 2 nitrogen and oxygen atoms in total. The quantitative estimate of drug-likeness (QED) is 0.903. The van der Waals surface area contributed by atoms with Gasteiger partial charge in [-0.05, 0) is 68.3 Å². The Morgan fingerprint density at radius 3 is 2.58 bits per heavy atom. The summed E-state index contributed by atoms with van der Waals surface area (Å²) in [6.07, 6.45) is 5.79. The highest BCUT2D eigenvalue weighted by molar-refractivity contribution is 5.54. The highest BCUT2D eigenvalue weighted by atomic mass is 19.1. The second-order valence-corrected chi connectivity index (χ2v) is 5.84. The van der Waals surface area contributed by atoms with Gasteiger partial charge in [-0.3, -0.25) is 0 Å². The Morgan fingerprint density at radius 2 is 1.95 bits per heavy atom. The fourth-order valence-corrected chi connectivity index (χ4v) is 3.08. The lowest BCUT2D eigenvalue weighted by Crippen LogP contribution is -2.35. The summed E-state index contributed by atoms with van der Waals surface area (Å²) in [5, 5.41) is 0. The Labute approximate surface area is 115 Å². The summed E-state index contributed by atoms with van der Waals surface area (Å²) in [7, 11) is 2.13. The summed E-state index contributed by atoms with van der Waals surface area (Å²) in [6.45, 7) is 2.89. The Morgan fingerprint density at radius 1 is 1.26 bits per heavy atom. The van der Waals surface area contributed by atoms with E-state index in [1.165, 1.54) is 25.7 Å². The molecule has 0 amide bonds. The van der Waals surface area contributed by atoms with Crippen LogP contribution < -0.4 is 10.6 Å². The van der Waals surface area contributed by atoms with Crippen molar-refractivity contribution in [2.45, 2.75) is 45.1 Å². The first-order valence-corrected chi connectivity index (χ1v) is 7.33. The van der Waals surface area contributed by atoms with Crippen LogP contribution in [0.3, 0.4) is 0 Å². The molecule has 0 bridgehead atoms. The fraction of sp³-hybridized carbons (Fsp3) is 0.625. The lowest BCUT2D eigenvalue weighted by molar-refractivity contribution is 0.340. The van der Waals surface area contributed by atoms with E-state index < -0.39 is 0 Å². The molecule has 0 aromatic heterocycles. The van der Waals surface area contributed by atoms with Crippen LogP contribution in [0.25, 0.3) is 0 Å². The number of anilines is 1. The summed E-state index contributed by atoms with van der Waals surface area (Å²) in [4.78, 5) is 2.33. The molecular weight excluding hydrogens is 239 g/mol. The van der Waals surface area contributed by atoms with Crippen molar-refractivity contribution >= 4 is 5.69 Å². The first-order chi connectivity index (χ1) is 9.11. The molecule has 0 saturated heterocycles. The third-order valence-electron chi connectivity index (χ3n) is 4.37. The number of hydrogen-bond donors (Lipinski definition) is 1. The predicted octanol–water partition coefficient (Wildman–Crippen LogP) is 3.34. The average molecular weight is 264 g/mol. The van der Waals surface area contributed by atoms with E-state index in [9.17, 15) is 4.39 Å². The minimum atomic E-state index is -0.169. The number of nitrogens with zero attached hydrogens (tertiary/aromatic N) is 1. The maximum absolute atomic E-state index is 13.4. The topological polar surface area (TPSA) is 29.3 Å². The molecule has 0 aliphatic heterocycles. The normalized spacial score (nSPS) is 23.4. The van der Waals surface area contributed by atoms with Gasteiger partial charge in [0.15, 0.2) is 0 Å². The monoisotopic (exact) mass is 264 g/mol. The average Bonchev–Trinajstić information content (AvgIpc) is 2.39. The Bertz CT molecular complexity index is 411. The maximum Gasteiger partial charge on any atom is 0.123 e. The minimum Gasteiger partial charge on any atom is -0.371 e. The third kappa shape index (κ3) is 3.47. The zero-order valence-corrected chi connectivity index (χ0v) is 12.0. The number of benzene rings is 1. The lowest BCUT2D eigenvalue weighted by Gasteiger charge is -2.36. The number of hydrogen-bond acceptors (Lipinski definition) is 2. The Hall–Kier alpha value is -1.09.